The number of rotatable bonds is 5. The highest BCUT2D eigenvalue weighted by molar-refractivity contribution is 6.42. The molecule has 0 heterocycles. The molecule has 0 saturated carbocycles. The highest BCUT2D eigenvalue weighted by Gasteiger charge is 2.28. The summed E-state index contributed by atoms with van der Waals surface area (Å²) in [4.78, 5) is 0. The van der Waals surface area contributed by atoms with Crippen LogP contribution in [0.25, 0.3) is 0 Å². The SMILES string of the molecule is COc1ccc(CN[C@@H]2CC[C@H](c3ccc(Cl)c(Cl)c3)c3ccccc32)cc1. The molecular formula is C24H23Cl2NO. The average Bonchev–Trinajstić information content (AvgIpc) is 2.74. The van der Waals surface area contributed by atoms with Gasteiger partial charge in [0.15, 0.2) is 0 Å². The number of ether oxygens (including phenoxy) is 1. The summed E-state index contributed by atoms with van der Waals surface area (Å²) in [5.41, 5.74) is 5.23. The van der Waals surface area contributed by atoms with Gasteiger partial charge in [-0.2, -0.15) is 0 Å². The average molecular weight is 412 g/mol. The number of benzene rings is 3. The summed E-state index contributed by atoms with van der Waals surface area (Å²) >= 11 is 12.4. The van der Waals surface area contributed by atoms with Gasteiger partial charge in [-0.25, -0.2) is 0 Å². The van der Waals surface area contributed by atoms with Gasteiger partial charge in [0.05, 0.1) is 17.2 Å². The van der Waals surface area contributed by atoms with Crippen LogP contribution in [-0.2, 0) is 6.54 Å². The van der Waals surface area contributed by atoms with Crippen molar-refractivity contribution >= 4 is 23.2 Å². The Labute approximate surface area is 176 Å². The summed E-state index contributed by atoms with van der Waals surface area (Å²) < 4.78 is 5.24. The lowest BCUT2D eigenvalue weighted by Gasteiger charge is -2.33. The summed E-state index contributed by atoms with van der Waals surface area (Å²) in [5.74, 6) is 1.24. The van der Waals surface area contributed by atoms with Gasteiger partial charge in [0.1, 0.15) is 5.75 Å². The second-order valence-corrected chi connectivity index (χ2v) is 8.03. The van der Waals surface area contributed by atoms with Crippen LogP contribution in [0.1, 0.15) is 47.1 Å². The summed E-state index contributed by atoms with van der Waals surface area (Å²) in [6.07, 6.45) is 2.16. The highest BCUT2D eigenvalue weighted by atomic mass is 35.5. The Balaban J connectivity index is 1.54. The maximum atomic E-state index is 6.27. The van der Waals surface area contributed by atoms with Crippen LogP contribution in [0.5, 0.6) is 5.75 Å². The number of hydrogen-bond acceptors (Lipinski definition) is 2. The number of fused-ring (bicyclic) bond motifs is 1. The molecule has 0 unspecified atom stereocenters. The number of methoxy groups -OCH3 is 1. The minimum Gasteiger partial charge on any atom is -0.497 e. The molecule has 0 radical (unpaired) electrons. The van der Waals surface area contributed by atoms with Gasteiger partial charge in [0, 0.05) is 18.5 Å². The lowest BCUT2D eigenvalue weighted by Crippen LogP contribution is -2.26. The molecule has 4 heteroatoms. The second kappa shape index (κ2) is 8.57. The fraction of sp³-hybridized carbons (Fsp3) is 0.250. The first-order chi connectivity index (χ1) is 13.7. The van der Waals surface area contributed by atoms with E-state index in [0.717, 1.165) is 25.1 Å². The van der Waals surface area contributed by atoms with Gasteiger partial charge in [0.2, 0.25) is 0 Å². The largest absolute Gasteiger partial charge is 0.497 e. The van der Waals surface area contributed by atoms with Crippen molar-refractivity contribution < 1.29 is 4.74 Å². The van der Waals surface area contributed by atoms with Gasteiger partial charge in [-0.15, -0.1) is 0 Å². The van der Waals surface area contributed by atoms with E-state index in [9.17, 15) is 0 Å². The molecule has 1 aliphatic carbocycles. The lowest BCUT2D eigenvalue weighted by molar-refractivity contribution is 0.414. The van der Waals surface area contributed by atoms with Gasteiger partial charge in [0.25, 0.3) is 0 Å². The van der Waals surface area contributed by atoms with Gasteiger partial charge >= 0.3 is 0 Å². The fourth-order valence-corrected chi connectivity index (χ4v) is 4.37. The highest BCUT2D eigenvalue weighted by Crippen LogP contribution is 2.42. The molecule has 0 bridgehead atoms. The van der Waals surface area contributed by atoms with Crippen LogP contribution in [0, 0.1) is 0 Å². The van der Waals surface area contributed by atoms with E-state index in [-0.39, 0.29) is 0 Å². The minimum atomic E-state index is 0.345. The Morgan fingerprint density at radius 1 is 0.893 bits per heavy atom. The second-order valence-electron chi connectivity index (χ2n) is 7.21. The van der Waals surface area contributed by atoms with E-state index in [1.165, 1.54) is 22.3 Å². The zero-order valence-electron chi connectivity index (χ0n) is 15.8. The van der Waals surface area contributed by atoms with E-state index in [2.05, 4.69) is 47.8 Å². The Kier molecular flexibility index (Phi) is 5.91. The van der Waals surface area contributed by atoms with Crippen LogP contribution in [0.15, 0.2) is 66.7 Å². The number of halogens is 2. The molecule has 28 heavy (non-hydrogen) atoms. The third-order valence-corrected chi connectivity index (χ3v) is 6.29. The number of nitrogens with one attached hydrogen (secondary N) is 1. The van der Waals surface area contributed by atoms with Crippen LogP contribution in [0.3, 0.4) is 0 Å². The molecular weight excluding hydrogens is 389 g/mol. The molecule has 0 fully saturated rings. The van der Waals surface area contributed by atoms with E-state index in [0.29, 0.717) is 22.0 Å². The van der Waals surface area contributed by atoms with Crippen LogP contribution in [0.2, 0.25) is 10.0 Å². The third-order valence-electron chi connectivity index (χ3n) is 5.55. The summed E-state index contributed by atoms with van der Waals surface area (Å²) in [6.45, 7) is 0.834. The van der Waals surface area contributed by atoms with Gasteiger partial charge < -0.3 is 10.1 Å². The minimum absolute atomic E-state index is 0.345. The first kappa shape index (κ1) is 19.3. The molecule has 144 valence electrons. The van der Waals surface area contributed by atoms with Crippen LogP contribution < -0.4 is 10.1 Å². The summed E-state index contributed by atoms with van der Waals surface area (Å²) in [7, 11) is 1.69. The van der Waals surface area contributed by atoms with Crippen molar-refractivity contribution in [2.45, 2.75) is 31.3 Å². The Morgan fingerprint density at radius 3 is 2.36 bits per heavy atom. The van der Waals surface area contributed by atoms with Crippen molar-refractivity contribution in [3.63, 3.8) is 0 Å². The molecule has 3 aromatic carbocycles. The van der Waals surface area contributed by atoms with Crippen molar-refractivity contribution in [1.29, 1.82) is 0 Å². The maximum Gasteiger partial charge on any atom is 0.118 e. The molecule has 4 rings (SSSR count). The predicted octanol–water partition coefficient (Wildman–Crippen LogP) is 6.76. The quantitative estimate of drug-likeness (QED) is 0.500. The Hall–Kier alpha value is -2.00. The van der Waals surface area contributed by atoms with Gasteiger partial charge in [-0.1, -0.05) is 65.7 Å². The van der Waals surface area contributed by atoms with E-state index in [4.69, 9.17) is 27.9 Å². The molecule has 0 saturated heterocycles. The Morgan fingerprint density at radius 2 is 1.64 bits per heavy atom. The molecule has 3 aromatic rings. The number of hydrogen-bond donors (Lipinski definition) is 1. The zero-order chi connectivity index (χ0) is 19.5. The van der Waals surface area contributed by atoms with Crippen LogP contribution in [-0.4, -0.2) is 7.11 Å². The standard InChI is InChI=1S/C24H23Cl2NO/c1-28-18-9-6-16(7-10-18)15-27-24-13-11-19(20-4-2-3-5-21(20)24)17-8-12-22(25)23(26)14-17/h2-10,12,14,19,24,27H,11,13,15H2,1H3/t19-,24-/m1/s1. The predicted molar refractivity (Wildman–Crippen MR) is 117 cm³/mol. The lowest BCUT2D eigenvalue weighted by atomic mass is 9.76. The van der Waals surface area contributed by atoms with Crippen molar-refractivity contribution in [3.05, 3.63) is 99.0 Å². The van der Waals surface area contributed by atoms with E-state index in [1.54, 1.807) is 7.11 Å². The summed E-state index contributed by atoms with van der Waals surface area (Å²) in [6, 6.07) is 23.3. The van der Waals surface area contributed by atoms with Crippen LogP contribution in [0.4, 0.5) is 0 Å². The molecule has 0 aliphatic heterocycles. The van der Waals surface area contributed by atoms with Gasteiger partial charge in [-0.3, -0.25) is 0 Å². The molecule has 1 aliphatic rings. The normalized spacial score (nSPS) is 18.5. The smallest absolute Gasteiger partial charge is 0.118 e. The topological polar surface area (TPSA) is 21.3 Å². The third kappa shape index (κ3) is 4.05. The van der Waals surface area contributed by atoms with Crippen molar-refractivity contribution in [3.8, 4) is 5.75 Å². The molecule has 0 aromatic heterocycles. The molecule has 0 amide bonds. The van der Waals surface area contributed by atoms with E-state index >= 15 is 0 Å². The first-order valence-electron chi connectivity index (χ1n) is 9.56. The van der Waals surface area contributed by atoms with E-state index in [1.807, 2.05) is 24.3 Å². The van der Waals surface area contributed by atoms with Crippen LogP contribution >= 0.6 is 23.2 Å². The monoisotopic (exact) mass is 411 g/mol. The first-order valence-corrected chi connectivity index (χ1v) is 10.3. The van der Waals surface area contributed by atoms with Crippen molar-refractivity contribution in [2.75, 3.05) is 7.11 Å². The maximum absolute atomic E-state index is 6.27. The van der Waals surface area contributed by atoms with Gasteiger partial charge in [-0.05, 0) is 59.4 Å². The molecule has 2 nitrogen and oxygen atoms in total. The molecule has 0 spiro atoms. The van der Waals surface area contributed by atoms with Crippen molar-refractivity contribution in [1.82, 2.24) is 5.32 Å². The van der Waals surface area contributed by atoms with E-state index < -0.39 is 0 Å². The summed E-state index contributed by atoms with van der Waals surface area (Å²) in [5, 5.41) is 4.96. The van der Waals surface area contributed by atoms with Crippen molar-refractivity contribution in [2.24, 2.45) is 0 Å². The Bertz CT molecular complexity index is 955. The fourth-order valence-electron chi connectivity index (χ4n) is 4.06. The zero-order valence-corrected chi connectivity index (χ0v) is 17.3. The molecule has 1 N–H and O–H groups in total. The molecule has 2 atom stereocenters.